The summed E-state index contributed by atoms with van der Waals surface area (Å²) in [6.07, 6.45) is -1.32. The number of nitrogens with one attached hydrogen (secondary N) is 2. The van der Waals surface area contributed by atoms with E-state index in [1.807, 2.05) is 13.8 Å². The lowest BCUT2D eigenvalue weighted by Gasteiger charge is -2.46. The Morgan fingerprint density at radius 3 is 2.48 bits per heavy atom. The predicted molar refractivity (Wildman–Crippen MR) is 97.9 cm³/mol. The minimum Gasteiger partial charge on any atom is -0.443 e. The highest BCUT2D eigenvalue weighted by atomic mass is 19.3. The summed E-state index contributed by atoms with van der Waals surface area (Å²) in [5.74, 6) is 0. The number of carbonyl (C=O) groups is 2. The van der Waals surface area contributed by atoms with Crippen LogP contribution in [0.2, 0.25) is 0 Å². The summed E-state index contributed by atoms with van der Waals surface area (Å²) < 4.78 is 28.7. The molecular weight excluding hydrogens is 360 g/mol. The van der Waals surface area contributed by atoms with Gasteiger partial charge in [0.25, 0.3) is 6.43 Å². The van der Waals surface area contributed by atoms with E-state index in [0.29, 0.717) is 18.6 Å². The Bertz CT molecular complexity index is 555. The van der Waals surface area contributed by atoms with E-state index in [0.717, 1.165) is 12.8 Å². The standard InChI is InChI=1S/C18H31F2N3O4/c1-6-12(2)23-27-16(25)22-13-7-17(3,4)10-18(5,8-13)11-21-15(24)26-9-14(19)20/h13-14H,6-11H2,1-5H3,(H,21,24)(H,22,25). The number of hydrogen-bond acceptors (Lipinski definition) is 5. The zero-order valence-corrected chi connectivity index (χ0v) is 16.7. The predicted octanol–water partition coefficient (Wildman–Crippen LogP) is 4.07. The Morgan fingerprint density at radius 1 is 1.22 bits per heavy atom. The summed E-state index contributed by atoms with van der Waals surface area (Å²) in [4.78, 5) is 28.4. The summed E-state index contributed by atoms with van der Waals surface area (Å²) in [6.45, 7) is 9.17. The van der Waals surface area contributed by atoms with Gasteiger partial charge in [-0.25, -0.2) is 18.4 Å². The summed E-state index contributed by atoms with van der Waals surface area (Å²) in [5.41, 5.74) is 0.305. The van der Waals surface area contributed by atoms with E-state index >= 15 is 0 Å². The van der Waals surface area contributed by atoms with Crippen molar-refractivity contribution < 1.29 is 27.9 Å². The van der Waals surface area contributed by atoms with Crippen LogP contribution in [0.15, 0.2) is 5.16 Å². The zero-order valence-electron chi connectivity index (χ0n) is 16.7. The van der Waals surface area contributed by atoms with E-state index < -0.39 is 25.2 Å². The van der Waals surface area contributed by atoms with E-state index in [4.69, 9.17) is 4.84 Å². The fourth-order valence-electron chi connectivity index (χ4n) is 3.72. The van der Waals surface area contributed by atoms with Crippen molar-refractivity contribution in [2.75, 3.05) is 13.2 Å². The lowest BCUT2D eigenvalue weighted by Crippen LogP contribution is -2.50. The quantitative estimate of drug-likeness (QED) is 0.389. The van der Waals surface area contributed by atoms with Gasteiger partial charge >= 0.3 is 12.2 Å². The second-order valence-electron chi connectivity index (χ2n) is 8.30. The van der Waals surface area contributed by atoms with Gasteiger partial charge in [-0.3, -0.25) is 4.84 Å². The fraction of sp³-hybridized carbons (Fsp3) is 0.833. The van der Waals surface area contributed by atoms with Crippen LogP contribution in [0.25, 0.3) is 0 Å². The van der Waals surface area contributed by atoms with Gasteiger partial charge in [0.05, 0.1) is 5.71 Å². The van der Waals surface area contributed by atoms with Gasteiger partial charge in [-0.2, -0.15) is 0 Å². The molecular formula is C18H31F2N3O4. The molecule has 2 amide bonds. The smallest absolute Gasteiger partial charge is 0.433 e. The molecule has 1 saturated carbocycles. The largest absolute Gasteiger partial charge is 0.443 e. The molecule has 156 valence electrons. The molecule has 1 aliphatic rings. The second kappa shape index (κ2) is 9.85. The van der Waals surface area contributed by atoms with Gasteiger partial charge in [-0.05, 0) is 43.4 Å². The maximum absolute atomic E-state index is 12.1. The van der Waals surface area contributed by atoms with Crippen LogP contribution in [0.1, 0.15) is 60.3 Å². The van der Waals surface area contributed by atoms with Crippen molar-refractivity contribution in [1.29, 1.82) is 0 Å². The SMILES string of the molecule is CCC(C)=NOC(=O)NC1CC(C)(C)CC(C)(CNC(=O)OCC(F)F)C1. The molecule has 27 heavy (non-hydrogen) atoms. The Hall–Kier alpha value is -1.93. The third-order valence-corrected chi connectivity index (χ3v) is 4.56. The summed E-state index contributed by atoms with van der Waals surface area (Å²) in [6, 6.07) is -0.151. The van der Waals surface area contributed by atoms with Crippen molar-refractivity contribution in [1.82, 2.24) is 10.6 Å². The van der Waals surface area contributed by atoms with Crippen molar-refractivity contribution in [2.24, 2.45) is 16.0 Å². The van der Waals surface area contributed by atoms with E-state index in [9.17, 15) is 18.4 Å². The van der Waals surface area contributed by atoms with Gasteiger partial charge in [-0.15, -0.1) is 0 Å². The number of ether oxygens (including phenoxy) is 1. The Labute approximate surface area is 159 Å². The van der Waals surface area contributed by atoms with E-state index in [-0.39, 0.29) is 23.4 Å². The minimum atomic E-state index is -2.70. The molecule has 1 aliphatic carbocycles. The number of alkyl halides is 2. The number of hydrogen-bond donors (Lipinski definition) is 2. The Balaban J connectivity index is 2.62. The van der Waals surface area contributed by atoms with Crippen LogP contribution >= 0.6 is 0 Å². The number of nitrogens with zero attached hydrogens (tertiary/aromatic N) is 1. The molecule has 0 saturated heterocycles. The molecule has 0 radical (unpaired) electrons. The van der Waals surface area contributed by atoms with Crippen LogP contribution in [0.4, 0.5) is 18.4 Å². The number of carbonyl (C=O) groups excluding carboxylic acids is 2. The number of amides is 2. The van der Waals surface area contributed by atoms with Gasteiger partial charge < -0.3 is 15.4 Å². The topological polar surface area (TPSA) is 89.0 Å². The first-order chi connectivity index (χ1) is 12.4. The maximum atomic E-state index is 12.1. The summed E-state index contributed by atoms with van der Waals surface area (Å²) >= 11 is 0. The summed E-state index contributed by atoms with van der Waals surface area (Å²) in [7, 11) is 0. The third kappa shape index (κ3) is 9.01. The number of rotatable bonds is 7. The van der Waals surface area contributed by atoms with Crippen LogP contribution in [-0.4, -0.2) is 43.5 Å². The molecule has 0 aliphatic heterocycles. The molecule has 0 spiro atoms. The van der Waals surface area contributed by atoms with Crippen molar-refractivity contribution in [3.05, 3.63) is 0 Å². The molecule has 9 heteroatoms. The molecule has 2 N–H and O–H groups in total. The normalized spacial score (nSPS) is 25.0. The molecule has 0 aromatic heterocycles. The fourth-order valence-corrected chi connectivity index (χ4v) is 3.72. The maximum Gasteiger partial charge on any atom is 0.433 e. The average molecular weight is 391 g/mol. The molecule has 0 aromatic rings. The minimum absolute atomic E-state index is 0.0812. The zero-order chi connectivity index (χ0) is 20.7. The summed E-state index contributed by atoms with van der Waals surface area (Å²) in [5, 5.41) is 9.12. The van der Waals surface area contributed by atoms with Crippen LogP contribution in [0, 0.1) is 10.8 Å². The molecule has 1 rings (SSSR count). The highest BCUT2D eigenvalue weighted by Gasteiger charge is 2.42. The first-order valence-electron chi connectivity index (χ1n) is 9.14. The second-order valence-corrected chi connectivity index (χ2v) is 8.30. The first-order valence-corrected chi connectivity index (χ1v) is 9.14. The molecule has 0 aromatic carbocycles. The lowest BCUT2D eigenvalue weighted by molar-refractivity contribution is 0.0408. The van der Waals surface area contributed by atoms with E-state index in [2.05, 4.69) is 34.4 Å². The van der Waals surface area contributed by atoms with E-state index in [1.54, 1.807) is 6.92 Å². The highest BCUT2D eigenvalue weighted by molar-refractivity contribution is 5.81. The number of halogens is 2. The first kappa shape index (κ1) is 23.1. The Kier molecular flexibility index (Phi) is 8.43. The number of oxime groups is 1. The van der Waals surface area contributed by atoms with Crippen molar-refractivity contribution in [3.63, 3.8) is 0 Å². The molecule has 2 unspecified atom stereocenters. The van der Waals surface area contributed by atoms with Crippen molar-refractivity contribution in [2.45, 2.75) is 72.8 Å². The van der Waals surface area contributed by atoms with Gasteiger partial charge in [0.15, 0.2) is 6.61 Å². The van der Waals surface area contributed by atoms with Crippen molar-refractivity contribution >= 4 is 17.9 Å². The van der Waals surface area contributed by atoms with Crippen molar-refractivity contribution in [3.8, 4) is 0 Å². The third-order valence-electron chi connectivity index (χ3n) is 4.56. The molecule has 0 bridgehead atoms. The van der Waals surface area contributed by atoms with Crippen LogP contribution in [0.5, 0.6) is 0 Å². The van der Waals surface area contributed by atoms with Gasteiger partial charge in [-0.1, -0.05) is 32.9 Å². The van der Waals surface area contributed by atoms with Gasteiger partial charge in [0.1, 0.15) is 0 Å². The van der Waals surface area contributed by atoms with Gasteiger partial charge in [0.2, 0.25) is 0 Å². The average Bonchev–Trinajstić information content (AvgIpc) is 2.54. The molecule has 0 heterocycles. The van der Waals surface area contributed by atoms with Crippen LogP contribution in [-0.2, 0) is 9.57 Å². The van der Waals surface area contributed by atoms with Crippen LogP contribution < -0.4 is 10.6 Å². The number of alkyl carbamates (subject to hydrolysis) is 1. The monoisotopic (exact) mass is 391 g/mol. The van der Waals surface area contributed by atoms with Crippen LogP contribution in [0.3, 0.4) is 0 Å². The highest BCUT2D eigenvalue weighted by Crippen LogP contribution is 2.45. The Morgan fingerprint density at radius 2 is 1.89 bits per heavy atom. The molecule has 7 nitrogen and oxygen atoms in total. The lowest BCUT2D eigenvalue weighted by atomic mass is 9.62. The van der Waals surface area contributed by atoms with Gasteiger partial charge in [0, 0.05) is 12.6 Å². The molecule has 2 atom stereocenters. The van der Waals surface area contributed by atoms with E-state index in [1.165, 1.54) is 0 Å². The molecule has 1 fully saturated rings.